The molecule has 0 amide bonds. The summed E-state index contributed by atoms with van der Waals surface area (Å²) in [5, 5.41) is 11.4. The van der Waals surface area contributed by atoms with Gasteiger partial charge in [-0.1, -0.05) is 0 Å². The summed E-state index contributed by atoms with van der Waals surface area (Å²) in [6, 6.07) is 5.68. The molecule has 14 heavy (non-hydrogen) atoms. The Morgan fingerprint density at radius 1 is 1.29 bits per heavy atom. The van der Waals surface area contributed by atoms with Crippen molar-refractivity contribution in [2.75, 3.05) is 0 Å². The quantitative estimate of drug-likeness (QED) is 0.287. The van der Waals surface area contributed by atoms with E-state index in [2.05, 4.69) is 5.16 Å². The van der Waals surface area contributed by atoms with Crippen LogP contribution in [0.15, 0.2) is 29.4 Å². The predicted molar refractivity (Wildman–Crippen MR) is 51.0 cm³/mol. The topological polar surface area (TPSA) is 90.1 Å². The van der Waals surface area contributed by atoms with Crippen LogP contribution in [0.25, 0.3) is 0 Å². The van der Waals surface area contributed by atoms with Gasteiger partial charge in [-0.2, -0.15) is 0 Å². The second-order valence-corrected chi connectivity index (χ2v) is 6.14. The molecule has 0 aromatic heterocycles. The molecule has 6 heteroatoms. The molecule has 0 heterocycles. The van der Waals surface area contributed by atoms with Crippen molar-refractivity contribution in [1.82, 2.24) is 0 Å². The summed E-state index contributed by atoms with van der Waals surface area (Å²) in [7, 11) is 0. The Hall–Kier alpha value is -1.03. The Labute approximate surface area is 83.7 Å². The summed E-state index contributed by atoms with van der Waals surface area (Å²) < 4.78 is 28.6. The average molecular weight is 259 g/mol. The van der Waals surface area contributed by atoms with Gasteiger partial charge in [0, 0.05) is 0 Å². The van der Waals surface area contributed by atoms with Crippen LogP contribution in [0.5, 0.6) is 0 Å². The summed E-state index contributed by atoms with van der Waals surface area (Å²) in [4.78, 5) is 0. The van der Waals surface area contributed by atoms with Crippen LogP contribution in [-0.4, -0.2) is 33.3 Å². The van der Waals surface area contributed by atoms with Crippen LogP contribution in [0, 0.1) is 0 Å². The van der Waals surface area contributed by atoms with E-state index >= 15 is 0 Å². The van der Waals surface area contributed by atoms with Gasteiger partial charge in [-0.15, -0.1) is 0 Å². The minimum atomic E-state index is -4.78. The molecule has 76 valence electrons. The molecule has 0 radical (unpaired) electrons. The van der Waals surface area contributed by atoms with E-state index < -0.39 is 14.2 Å². The van der Waals surface area contributed by atoms with Crippen LogP contribution >= 0.6 is 0 Å². The van der Waals surface area contributed by atoms with Gasteiger partial charge in [0.15, 0.2) is 0 Å². The first kappa shape index (κ1) is 11.0. The molecule has 0 saturated carbocycles. The zero-order chi connectivity index (χ0) is 10.8. The maximum atomic E-state index is 10.9. The van der Waals surface area contributed by atoms with E-state index in [9.17, 15) is 3.74 Å². The average Bonchev–Trinajstić information content (AvgIpc) is 2.15. The summed E-state index contributed by atoms with van der Waals surface area (Å²) in [6.07, 6.45) is 0. The first-order valence-electron chi connectivity index (χ1n) is 3.80. The van der Waals surface area contributed by atoms with E-state index in [1.54, 1.807) is 6.92 Å². The molecule has 0 bridgehead atoms. The van der Waals surface area contributed by atoms with Gasteiger partial charge in [0.25, 0.3) is 0 Å². The van der Waals surface area contributed by atoms with Crippen LogP contribution in [0.4, 0.5) is 0 Å². The van der Waals surface area contributed by atoms with Gasteiger partial charge >= 0.3 is 83.3 Å². The van der Waals surface area contributed by atoms with E-state index in [-0.39, 0.29) is 4.35 Å². The third kappa shape index (κ3) is 2.48. The van der Waals surface area contributed by atoms with E-state index in [1.807, 2.05) is 0 Å². The van der Waals surface area contributed by atoms with Gasteiger partial charge in [-0.25, -0.2) is 0 Å². The summed E-state index contributed by atoms with van der Waals surface area (Å²) in [5.41, 5.74) is 1.02. The molecule has 1 aromatic carbocycles. The number of oxime groups is 1. The second-order valence-electron chi connectivity index (χ2n) is 2.78. The third-order valence-electron chi connectivity index (χ3n) is 1.77. The normalized spacial score (nSPS) is 12.9. The van der Waals surface area contributed by atoms with Crippen molar-refractivity contribution in [3.8, 4) is 0 Å². The first-order valence-corrected chi connectivity index (χ1v) is 7.18. The van der Waals surface area contributed by atoms with Gasteiger partial charge < -0.3 is 0 Å². The molecule has 0 saturated heterocycles. The van der Waals surface area contributed by atoms with Crippen molar-refractivity contribution < 1.29 is 17.1 Å². The summed E-state index contributed by atoms with van der Waals surface area (Å²) in [6.45, 7) is 1.59. The maximum absolute atomic E-state index is 10.9. The molecule has 1 aromatic rings. The molecular weight excluding hydrogens is 249 g/mol. The monoisotopic (exact) mass is 259 g/mol. The number of hydrogen-bond donors (Lipinski definition) is 3. The van der Waals surface area contributed by atoms with Crippen molar-refractivity contribution in [3.63, 3.8) is 0 Å². The van der Waals surface area contributed by atoms with E-state index in [4.69, 9.17) is 13.4 Å². The number of benzene rings is 1. The fraction of sp³-hybridized carbons (Fsp3) is 0.125. The van der Waals surface area contributed by atoms with Crippen LogP contribution in [0.2, 0.25) is 0 Å². The number of rotatable bonds is 2. The molecule has 1 rings (SSSR count). The molecular formula is C8H10AsNO4. The van der Waals surface area contributed by atoms with Gasteiger partial charge in [0.2, 0.25) is 0 Å². The Morgan fingerprint density at radius 2 is 1.79 bits per heavy atom. The first-order chi connectivity index (χ1) is 6.45. The Kier molecular flexibility index (Phi) is 3.16. The number of hydrogen-bond acceptors (Lipinski definition) is 3. The molecule has 5 nitrogen and oxygen atoms in total. The van der Waals surface area contributed by atoms with Crippen molar-refractivity contribution in [2.24, 2.45) is 5.16 Å². The Bertz CT molecular complexity index is 392. The molecule has 3 N–H and O–H groups in total. The van der Waals surface area contributed by atoms with Crippen LogP contribution in [0.3, 0.4) is 0 Å². The van der Waals surface area contributed by atoms with Crippen molar-refractivity contribution in [1.29, 1.82) is 0 Å². The van der Waals surface area contributed by atoms with Crippen molar-refractivity contribution in [3.05, 3.63) is 29.8 Å². The van der Waals surface area contributed by atoms with E-state index in [0.717, 1.165) is 0 Å². The van der Waals surface area contributed by atoms with Crippen LogP contribution in [0.1, 0.15) is 12.5 Å². The fourth-order valence-electron chi connectivity index (χ4n) is 0.955. The van der Waals surface area contributed by atoms with Gasteiger partial charge in [-0.05, 0) is 0 Å². The SMILES string of the molecule is C/C(=N/O)c1ccc([As](=O)(O)O)cc1. The second kappa shape index (κ2) is 4.00. The molecule has 0 fully saturated rings. The van der Waals surface area contributed by atoms with E-state index in [0.29, 0.717) is 11.3 Å². The number of nitrogens with zero attached hydrogens (tertiary/aromatic N) is 1. The molecule has 0 unspecified atom stereocenters. The molecule has 0 spiro atoms. The molecule has 0 aliphatic heterocycles. The zero-order valence-corrected chi connectivity index (χ0v) is 9.33. The molecule has 0 aliphatic carbocycles. The minimum absolute atomic E-state index is 0.0117. The van der Waals surface area contributed by atoms with Gasteiger partial charge in [0.1, 0.15) is 0 Å². The van der Waals surface area contributed by atoms with Crippen molar-refractivity contribution in [2.45, 2.75) is 6.92 Å². The summed E-state index contributed by atoms with van der Waals surface area (Å²) >= 11 is -4.78. The van der Waals surface area contributed by atoms with Crippen LogP contribution in [-0.2, 0) is 3.74 Å². The molecule has 0 atom stereocenters. The van der Waals surface area contributed by atoms with Gasteiger partial charge in [-0.3, -0.25) is 0 Å². The fourth-order valence-corrected chi connectivity index (χ4v) is 2.08. The zero-order valence-electron chi connectivity index (χ0n) is 7.45. The predicted octanol–water partition coefficient (Wildman–Crippen LogP) is -0.554. The third-order valence-corrected chi connectivity index (χ3v) is 3.81. The Balaban J connectivity index is 3.07. The van der Waals surface area contributed by atoms with Crippen molar-refractivity contribution >= 4 is 24.2 Å². The van der Waals surface area contributed by atoms with E-state index in [1.165, 1.54) is 24.3 Å². The summed E-state index contributed by atoms with van der Waals surface area (Å²) in [5.74, 6) is 0. The molecule has 0 aliphatic rings. The van der Waals surface area contributed by atoms with Crippen LogP contribution < -0.4 is 4.35 Å². The Morgan fingerprint density at radius 3 is 2.14 bits per heavy atom. The standard InChI is InChI=1S/C8H10AsNO4/c1-6(10-14)7-2-4-8(5-3-7)9(11,12)13/h2-5,14H,1H3,(H2,11,12,13)/b10-6-. The van der Waals surface area contributed by atoms with Gasteiger partial charge in [0.05, 0.1) is 0 Å².